The van der Waals surface area contributed by atoms with Crippen molar-refractivity contribution < 1.29 is 9.47 Å². The molecule has 1 fully saturated rings. The van der Waals surface area contributed by atoms with Gasteiger partial charge in [-0.2, -0.15) is 0 Å². The van der Waals surface area contributed by atoms with E-state index in [4.69, 9.17) is 9.47 Å². The van der Waals surface area contributed by atoms with Gasteiger partial charge < -0.3 is 19.7 Å². The van der Waals surface area contributed by atoms with E-state index in [2.05, 4.69) is 17.3 Å². The predicted molar refractivity (Wildman–Crippen MR) is 70.4 cm³/mol. The molecular weight excluding hydrogens is 216 g/mol. The predicted octanol–water partition coefficient (Wildman–Crippen LogP) is 0.971. The van der Waals surface area contributed by atoms with Crippen LogP contribution in [0.25, 0.3) is 0 Å². The van der Waals surface area contributed by atoms with E-state index < -0.39 is 0 Å². The Hall–Kier alpha value is -0.160. The normalized spacial score (nSPS) is 19.8. The molecule has 1 heterocycles. The van der Waals surface area contributed by atoms with E-state index >= 15 is 0 Å². The summed E-state index contributed by atoms with van der Waals surface area (Å²) < 4.78 is 10.8. The molecular formula is C13H28N2O2. The van der Waals surface area contributed by atoms with Crippen molar-refractivity contribution in [3.05, 3.63) is 0 Å². The van der Waals surface area contributed by atoms with Crippen molar-refractivity contribution in [3.8, 4) is 0 Å². The molecule has 1 saturated heterocycles. The third kappa shape index (κ3) is 5.34. The second-order valence-corrected chi connectivity index (χ2v) is 5.12. The highest BCUT2D eigenvalue weighted by Gasteiger charge is 2.33. The summed E-state index contributed by atoms with van der Waals surface area (Å²) >= 11 is 0. The lowest BCUT2D eigenvalue weighted by Gasteiger charge is -2.40. The van der Waals surface area contributed by atoms with Crippen LogP contribution in [0.1, 0.15) is 19.8 Å². The number of nitrogens with zero attached hydrogens (tertiary/aromatic N) is 1. The fraction of sp³-hybridized carbons (Fsp3) is 1.00. The van der Waals surface area contributed by atoms with Crippen LogP contribution in [-0.4, -0.2) is 65.1 Å². The summed E-state index contributed by atoms with van der Waals surface area (Å²) in [5.74, 6) is 0. The van der Waals surface area contributed by atoms with Crippen LogP contribution < -0.4 is 5.32 Å². The van der Waals surface area contributed by atoms with Gasteiger partial charge in [-0.15, -0.1) is 0 Å². The molecule has 4 nitrogen and oxygen atoms in total. The van der Waals surface area contributed by atoms with Crippen LogP contribution in [0.3, 0.4) is 0 Å². The average Bonchev–Trinajstić information content (AvgIpc) is 2.30. The summed E-state index contributed by atoms with van der Waals surface area (Å²) in [5.41, 5.74) is 0.334. The topological polar surface area (TPSA) is 33.7 Å². The minimum atomic E-state index is 0.334. The molecule has 0 aliphatic carbocycles. The van der Waals surface area contributed by atoms with Crippen LogP contribution in [0.15, 0.2) is 0 Å². The van der Waals surface area contributed by atoms with Crippen molar-refractivity contribution >= 4 is 0 Å². The Morgan fingerprint density at radius 3 is 2.59 bits per heavy atom. The smallest absolute Gasteiger partial charge is 0.0593 e. The molecule has 17 heavy (non-hydrogen) atoms. The SMILES string of the molecule is CCOCCN(C)CC1(COC)CCNCC1. The molecule has 0 aromatic heterocycles. The van der Waals surface area contributed by atoms with Gasteiger partial charge in [0.15, 0.2) is 0 Å². The average molecular weight is 244 g/mol. The summed E-state index contributed by atoms with van der Waals surface area (Å²) in [5, 5.41) is 3.42. The number of nitrogens with one attached hydrogen (secondary N) is 1. The lowest BCUT2D eigenvalue weighted by molar-refractivity contribution is 0.0212. The maximum absolute atomic E-state index is 5.43. The van der Waals surface area contributed by atoms with Gasteiger partial charge in [-0.25, -0.2) is 0 Å². The van der Waals surface area contributed by atoms with E-state index in [1.807, 2.05) is 14.0 Å². The Morgan fingerprint density at radius 1 is 1.29 bits per heavy atom. The fourth-order valence-corrected chi connectivity index (χ4v) is 2.63. The number of rotatable bonds is 8. The molecule has 0 amide bonds. The van der Waals surface area contributed by atoms with Gasteiger partial charge in [0.2, 0.25) is 0 Å². The van der Waals surface area contributed by atoms with Gasteiger partial charge in [0.25, 0.3) is 0 Å². The van der Waals surface area contributed by atoms with Crippen LogP contribution in [0.2, 0.25) is 0 Å². The molecule has 0 unspecified atom stereocenters. The summed E-state index contributed by atoms with van der Waals surface area (Å²) in [6, 6.07) is 0. The third-order valence-corrected chi connectivity index (χ3v) is 3.54. The molecule has 4 heteroatoms. The lowest BCUT2D eigenvalue weighted by Crippen LogP contribution is -2.46. The molecule has 1 rings (SSSR count). The van der Waals surface area contributed by atoms with Crippen LogP contribution >= 0.6 is 0 Å². The molecule has 0 atom stereocenters. The second-order valence-electron chi connectivity index (χ2n) is 5.12. The molecule has 0 bridgehead atoms. The van der Waals surface area contributed by atoms with E-state index in [9.17, 15) is 0 Å². The van der Waals surface area contributed by atoms with E-state index in [1.54, 1.807) is 0 Å². The number of ether oxygens (including phenoxy) is 2. The Bertz CT molecular complexity index is 188. The van der Waals surface area contributed by atoms with Crippen molar-refractivity contribution in [2.45, 2.75) is 19.8 Å². The molecule has 0 aromatic rings. The maximum Gasteiger partial charge on any atom is 0.0593 e. The van der Waals surface area contributed by atoms with E-state index in [0.29, 0.717) is 5.41 Å². The van der Waals surface area contributed by atoms with Gasteiger partial charge in [0, 0.05) is 32.2 Å². The zero-order valence-corrected chi connectivity index (χ0v) is 11.6. The zero-order chi connectivity index (χ0) is 12.6. The first kappa shape index (κ1) is 14.9. The van der Waals surface area contributed by atoms with Gasteiger partial charge in [0.05, 0.1) is 13.2 Å². The molecule has 0 aromatic carbocycles. The van der Waals surface area contributed by atoms with Gasteiger partial charge >= 0.3 is 0 Å². The first-order valence-corrected chi connectivity index (χ1v) is 6.68. The number of piperidine rings is 1. The number of hydrogen-bond donors (Lipinski definition) is 1. The Balaban J connectivity index is 2.36. The van der Waals surface area contributed by atoms with Gasteiger partial charge in [0.1, 0.15) is 0 Å². The monoisotopic (exact) mass is 244 g/mol. The van der Waals surface area contributed by atoms with Crippen LogP contribution in [0, 0.1) is 5.41 Å². The lowest BCUT2D eigenvalue weighted by atomic mass is 9.79. The summed E-state index contributed by atoms with van der Waals surface area (Å²) in [6.07, 6.45) is 2.42. The Labute approximate surface area is 106 Å². The summed E-state index contributed by atoms with van der Waals surface area (Å²) in [7, 11) is 3.99. The van der Waals surface area contributed by atoms with E-state index in [1.165, 1.54) is 12.8 Å². The maximum atomic E-state index is 5.43. The molecule has 102 valence electrons. The molecule has 0 saturated carbocycles. The molecule has 1 N–H and O–H groups in total. The third-order valence-electron chi connectivity index (χ3n) is 3.54. The molecule has 0 spiro atoms. The highest BCUT2D eigenvalue weighted by Crippen LogP contribution is 2.29. The molecule has 0 radical (unpaired) electrons. The largest absolute Gasteiger partial charge is 0.384 e. The van der Waals surface area contributed by atoms with E-state index in [0.717, 1.165) is 46.0 Å². The van der Waals surface area contributed by atoms with E-state index in [-0.39, 0.29) is 0 Å². The van der Waals surface area contributed by atoms with Crippen molar-refractivity contribution in [3.63, 3.8) is 0 Å². The van der Waals surface area contributed by atoms with Gasteiger partial charge in [-0.05, 0) is 39.9 Å². The van der Waals surface area contributed by atoms with Crippen LogP contribution in [0.5, 0.6) is 0 Å². The van der Waals surface area contributed by atoms with Crippen LogP contribution in [0.4, 0.5) is 0 Å². The van der Waals surface area contributed by atoms with Crippen LogP contribution in [-0.2, 0) is 9.47 Å². The molecule has 1 aliphatic rings. The minimum Gasteiger partial charge on any atom is -0.384 e. The Kier molecular flexibility index (Phi) is 7.04. The van der Waals surface area contributed by atoms with Gasteiger partial charge in [-0.3, -0.25) is 0 Å². The van der Waals surface area contributed by atoms with Crippen molar-refractivity contribution in [2.24, 2.45) is 5.41 Å². The standard InChI is InChI=1S/C13H28N2O2/c1-4-17-10-9-15(2)11-13(12-16-3)5-7-14-8-6-13/h14H,4-12H2,1-3H3. The minimum absolute atomic E-state index is 0.334. The summed E-state index contributed by atoms with van der Waals surface area (Å²) in [4.78, 5) is 2.38. The Morgan fingerprint density at radius 2 is 2.00 bits per heavy atom. The highest BCUT2D eigenvalue weighted by atomic mass is 16.5. The van der Waals surface area contributed by atoms with Crippen molar-refractivity contribution in [1.82, 2.24) is 10.2 Å². The first-order chi connectivity index (χ1) is 8.22. The first-order valence-electron chi connectivity index (χ1n) is 6.68. The summed E-state index contributed by atoms with van der Waals surface area (Å²) in [6.45, 7) is 8.88. The zero-order valence-electron chi connectivity index (χ0n) is 11.6. The molecule has 1 aliphatic heterocycles. The highest BCUT2D eigenvalue weighted by molar-refractivity contribution is 4.86. The quantitative estimate of drug-likeness (QED) is 0.645. The second kappa shape index (κ2) is 8.03. The number of likely N-dealkylation sites (N-methyl/N-ethyl adjacent to an activating group) is 1. The van der Waals surface area contributed by atoms with Crippen molar-refractivity contribution in [1.29, 1.82) is 0 Å². The number of methoxy groups -OCH3 is 1. The fourth-order valence-electron chi connectivity index (χ4n) is 2.63. The van der Waals surface area contributed by atoms with Gasteiger partial charge in [-0.1, -0.05) is 0 Å². The van der Waals surface area contributed by atoms with Crippen molar-refractivity contribution in [2.75, 3.05) is 60.2 Å². The number of hydrogen-bond acceptors (Lipinski definition) is 4.